The fourth-order valence-corrected chi connectivity index (χ4v) is 4.59. The number of para-hydroxylation sites is 1. The number of nitrogens with zero attached hydrogens (tertiary/aromatic N) is 1. The minimum atomic E-state index is -3.12. The van der Waals surface area contributed by atoms with Gasteiger partial charge in [-0.1, -0.05) is 18.2 Å². The van der Waals surface area contributed by atoms with Crippen molar-refractivity contribution in [3.05, 3.63) is 39.9 Å². The Hall–Kier alpha value is -1.96. The van der Waals surface area contributed by atoms with Crippen molar-refractivity contribution >= 4 is 21.4 Å². The molecule has 1 aromatic rings. The molecule has 1 aliphatic heterocycles. The van der Waals surface area contributed by atoms with E-state index < -0.39 is 26.2 Å². The van der Waals surface area contributed by atoms with E-state index >= 15 is 0 Å². The van der Waals surface area contributed by atoms with Crippen LogP contribution in [-0.4, -0.2) is 36.3 Å². The molecule has 7 nitrogen and oxygen atoms in total. The highest BCUT2D eigenvalue weighted by molar-refractivity contribution is 7.91. The molecular formula is C13H16N2O5S. The van der Waals surface area contributed by atoms with Crippen LogP contribution in [0.2, 0.25) is 0 Å². The first kappa shape index (κ1) is 15.4. The summed E-state index contributed by atoms with van der Waals surface area (Å²) in [6.45, 7) is 1.68. The molecule has 0 unspecified atom stereocenters. The summed E-state index contributed by atoms with van der Waals surface area (Å²) in [7, 11) is -3.12. The zero-order chi connectivity index (χ0) is 15.7. The van der Waals surface area contributed by atoms with Crippen LogP contribution in [0, 0.1) is 10.1 Å². The number of rotatable bonds is 4. The number of nitro benzene ring substituents is 1. The van der Waals surface area contributed by atoms with Crippen molar-refractivity contribution in [2.24, 2.45) is 0 Å². The van der Waals surface area contributed by atoms with Gasteiger partial charge in [0.1, 0.15) is 0 Å². The van der Waals surface area contributed by atoms with Gasteiger partial charge in [0, 0.05) is 11.6 Å². The van der Waals surface area contributed by atoms with Crippen LogP contribution in [0.4, 0.5) is 5.69 Å². The molecule has 0 radical (unpaired) electrons. The Morgan fingerprint density at radius 3 is 2.67 bits per heavy atom. The maximum absolute atomic E-state index is 12.0. The van der Waals surface area contributed by atoms with Gasteiger partial charge in [0.25, 0.3) is 5.69 Å². The molecule has 1 N–H and O–H groups in total. The van der Waals surface area contributed by atoms with Crippen molar-refractivity contribution < 1.29 is 18.1 Å². The quantitative estimate of drug-likeness (QED) is 0.654. The summed E-state index contributed by atoms with van der Waals surface area (Å²) in [5.74, 6) is -0.457. The van der Waals surface area contributed by atoms with Crippen molar-refractivity contribution in [1.82, 2.24) is 5.32 Å². The normalized spacial score (nSPS) is 23.7. The number of hydrogen-bond donors (Lipinski definition) is 1. The lowest BCUT2D eigenvalue weighted by Crippen LogP contribution is -2.47. The van der Waals surface area contributed by atoms with Crippen molar-refractivity contribution in [3.63, 3.8) is 0 Å². The van der Waals surface area contributed by atoms with E-state index in [2.05, 4.69) is 5.32 Å². The van der Waals surface area contributed by atoms with E-state index in [4.69, 9.17) is 0 Å². The van der Waals surface area contributed by atoms with Gasteiger partial charge in [-0.3, -0.25) is 14.9 Å². The standard InChI is InChI=1S/C13H16N2O5S/c1-13(6-7-21(19,20)9-13)14-12(16)8-10-4-2-3-5-11(10)15(17)18/h2-5H,6-9H2,1H3,(H,14,16)/t13-/m1/s1. The third-order valence-electron chi connectivity index (χ3n) is 3.48. The molecule has 0 aromatic heterocycles. The molecule has 21 heavy (non-hydrogen) atoms. The Morgan fingerprint density at radius 1 is 1.43 bits per heavy atom. The highest BCUT2D eigenvalue weighted by Gasteiger charge is 2.39. The lowest BCUT2D eigenvalue weighted by atomic mass is 10.0. The number of benzene rings is 1. The van der Waals surface area contributed by atoms with E-state index in [0.29, 0.717) is 12.0 Å². The van der Waals surface area contributed by atoms with Gasteiger partial charge in [0.2, 0.25) is 5.91 Å². The van der Waals surface area contributed by atoms with Gasteiger partial charge in [-0.25, -0.2) is 8.42 Å². The Kier molecular flexibility index (Phi) is 3.99. The summed E-state index contributed by atoms with van der Waals surface area (Å²) in [5.41, 5.74) is -0.597. The summed E-state index contributed by atoms with van der Waals surface area (Å²) in [6.07, 6.45) is 0.213. The Labute approximate surface area is 122 Å². The number of carbonyl (C=O) groups excluding carboxylic acids is 1. The molecule has 1 aromatic carbocycles. The minimum absolute atomic E-state index is 0.0509. The van der Waals surface area contributed by atoms with Crippen molar-refractivity contribution in [1.29, 1.82) is 0 Å². The summed E-state index contributed by atoms with van der Waals surface area (Å²) in [5, 5.41) is 13.6. The Morgan fingerprint density at radius 2 is 2.10 bits per heavy atom. The number of sulfone groups is 1. The number of amides is 1. The first-order chi connectivity index (χ1) is 9.71. The smallest absolute Gasteiger partial charge is 0.273 e. The minimum Gasteiger partial charge on any atom is -0.350 e. The van der Waals surface area contributed by atoms with Crippen LogP contribution < -0.4 is 5.32 Å². The number of nitro groups is 1. The maximum atomic E-state index is 12.0. The Balaban J connectivity index is 2.08. The average molecular weight is 312 g/mol. The molecule has 1 atom stereocenters. The van der Waals surface area contributed by atoms with Crippen LogP contribution in [0.15, 0.2) is 24.3 Å². The predicted molar refractivity (Wildman–Crippen MR) is 76.6 cm³/mol. The van der Waals surface area contributed by atoms with Crippen LogP contribution in [0.3, 0.4) is 0 Å². The fraction of sp³-hybridized carbons (Fsp3) is 0.462. The third kappa shape index (κ3) is 3.78. The molecule has 0 bridgehead atoms. The van der Waals surface area contributed by atoms with Gasteiger partial charge in [-0.15, -0.1) is 0 Å². The number of hydrogen-bond acceptors (Lipinski definition) is 5. The molecule has 0 spiro atoms. The zero-order valence-electron chi connectivity index (χ0n) is 11.5. The molecule has 1 aliphatic rings. The van der Waals surface area contributed by atoms with E-state index in [0.717, 1.165) is 0 Å². The number of nitrogens with one attached hydrogen (secondary N) is 1. The molecule has 1 fully saturated rings. The topological polar surface area (TPSA) is 106 Å². The lowest BCUT2D eigenvalue weighted by molar-refractivity contribution is -0.385. The predicted octanol–water partition coefficient (Wildman–Crippen LogP) is 0.831. The molecule has 2 rings (SSSR count). The van der Waals surface area contributed by atoms with E-state index in [9.17, 15) is 23.3 Å². The van der Waals surface area contributed by atoms with E-state index in [1.807, 2.05) is 0 Å². The Bertz CT molecular complexity index is 686. The van der Waals surface area contributed by atoms with Crippen LogP contribution >= 0.6 is 0 Å². The van der Waals surface area contributed by atoms with E-state index in [1.54, 1.807) is 13.0 Å². The van der Waals surface area contributed by atoms with Crippen LogP contribution in [-0.2, 0) is 21.1 Å². The van der Waals surface area contributed by atoms with Crippen LogP contribution in [0.25, 0.3) is 0 Å². The van der Waals surface area contributed by atoms with Gasteiger partial charge in [0.05, 0.1) is 28.4 Å². The highest BCUT2D eigenvalue weighted by atomic mass is 32.2. The van der Waals surface area contributed by atoms with Gasteiger partial charge in [0.15, 0.2) is 9.84 Å². The van der Waals surface area contributed by atoms with Gasteiger partial charge in [-0.05, 0) is 13.3 Å². The van der Waals surface area contributed by atoms with Crippen LogP contribution in [0.5, 0.6) is 0 Å². The molecule has 0 saturated carbocycles. The lowest BCUT2D eigenvalue weighted by Gasteiger charge is -2.23. The zero-order valence-corrected chi connectivity index (χ0v) is 12.4. The number of carbonyl (C=O) groups is 1. The highest BCUT2D eigenvalue weighted by Crippen LogP contribution is 2.24. The van der Waals surface area contributed by atoms with Gasteiger partial charge in [-0.2, -0.15) is 0 Å². The molecule has 1 amide bonds. The van der Waals surface area contributed by atoms with Crippen molar-refractivity contribution in [2.75, 3.05) is 11.5 Å². The molecule has 114 valence electrons. The van der Waals surface area contributed by atoms with E-state index in [1.165, 1.54) is 18.2 Å². The van der Waals surface area contributed by atoms with E-state index in [-0.39, 0.29) is 23.6 Å². The maximum Gasteiger partial charge on any atom is 0.273 e. The largest absolute Gasteiger partial charge is 0.350 e. The molecular weight excluding hydrogens is 296 g/mol. The molecule has 1 heterocycles. The molecule has 1 saturated heterocycles. The second-order valence-electron chi connectivity index (χ2n) is 5.51. The SMILES string of the molecule is C[C@@]1(NC(=O)Cc2ccccc2[N+](=O)[O-])CCS(=O)(=O)C1. The second-order valence-corrected chi connectivity index (χ2v) is 7.70. The van der Waals surface area contributed by atoms with Crippen molar-refractivity contribution in [3.8, 4) is 0 Å². The summed E-state index contributed by atoms with van der Waals surface area (Å²) in [6, 6.07) is 6.01. The molecule has 8 heteroatoms. The first-order valence-corrected chi connectivity index (χ1v) is 8.27. The van der Waals surface area contributed by atoms with Gasteiger partial charge >= 0.3 is 0 Å². The summed E-state index contributed by atoms with van der Waals surface area (Å²) >= 11 is 0. The van der Waals surface area contributed by atoms with Crippen LogP contribution in [0.1, 0.15) is 18.9 Å². The third-order valence-corrected chi connectivity index (χ3v) is 5.39. The average Bonchev–Trinajstić information content (AvgIpc) is 2.63. The molecule has 0 aliphatic carbocycles. The summed E-state index contributed by atoms with van der Waals surface area (Å²) < 4.78 is 23.0. The summed E-state index contributed by atoms with van der Waals surface area (Å²) in [4.78, 5) is 22.4. The van der Waals surface area contributed by atoms with Crippen molar-refractivity contribution in [2.45, 2.75) is 25.3 Å². The first-order valence-electron chi connectivity index (χ1n) is 6.45. The monoisotopic (exact) mass is 312 g/mol. The fourth-order valence-electron chi connectivity index (χ4n) is 2.50. The second kappa shape index (κ2) is 5.44. The van der Waals surface area contributed by atoms with Gasteiger partial charge < -0.3 is 5.32 Å².